The van der Waals surface area contributed by atoms with Gasteiger partial charge in [0.1, 0.15) is 0 Å². The molecule has 2 rings (SSSR count). The van der Waals surface area contributed by atoms with E-state index in [9.17, 15) is 8.42 Å². The first-order valence-corrected chi connectivity index (χ1v) is 8.64. The lowest BCUT2D eigenvalue weighted by molar-refractivity contribution is 0.154. The molecule has 6 heteroatoms. The molecule has 21 heavy (non-hydrogen) atoms. The molecule has 5 nitrogen and oxygen atoms in total. The molecular formula is C15H20N2O3S. The van der Waals surface area contributed by atoms with Crippen molar-refractivity contribution in [1.29, 1.82) is 5.26 Å². The van der Waals surface area contributed by atoms with E-state index in [1.165, 1.54) is 24.3 Å². The van der Waals surface area contributed by atoms with Gasteiger partial charge in [-0.3, -0.25) is 0 Å². The molecule has 0 aliphatic carbocycles. The fourth-order valence-electron chi connectivity index (χ4n) is 2.59. The summed E-state index contributed by atoms with van der Waals surface area (Å²) in [7, 11) is -1.59. The smallest absolute Gasteiger partial charge is 0.179 e. The molecular weight excluding hydrogens is 288 g/mol. The Labute approximate surface area is 126 Å². The molecule has 1 unspecified atom stereocenters. The number of likely N-dealkylation sites (tertiary alicyclic amines) is 1. The van der Waals surface area contributed by atoms with E-state index >= 15 is 0 Å². The normalized spacial score (nSPS) is 19.5. The topological polar surface area (TPSA) is 70.4 Å². The van der Waals surface area contributed by atoms with Crippen LogP contribution in [0.25, 0.3) is 0 Å². The van der Waals surface area contributed by atoms with Gasteiger partial charge < -0.3 is 9.64 Å². The van der Waals surface area contributed by atoms with E-state index in [0.29, 0.717) is 18.0 Å². The number of benzene rings is 1. The van der Waals surface area contributed by atoms with Gasteiger partial charge in [0.2, 0.25) is 0 Å². The summed E-state index contributed by atoms with van der Waals surface area (Å²) < 4.78 is 29.7. The molecule has 0 radical (unpaired) electrons. The van der Waals surface area contributed by atoms with Gasteiger partial charge in [-0.05, 0) is 43.1 Å². The average Bonchev–Trinajstić information content (AvgIpc) is 2.93. The highest BCUT2D eigenvalue weighted by atomic mass is 32.2. The van der Waals surface area contributed by atoms with Crippen LogP contribution in [0.2, 0.25) is 0 Å². The molecule has 1 fully saturated rings. The van der Waals surface area contributed by atoms with Crippen molar-refractivity contribution in [2.45, 2.75) is 11.3 Å². The monoisotopic (exact) mass is 308 g/mol. The Morgan fingerprint density at radius 3 is 2.71 bits per heavy atom. The molecule has 0 aromatic heterocycles. The number of hydrogen-bond donors (Lipinski definition) is 0. The van der Waals surface area contributed by atoms with Crippen LogP contribution in [0, 0.1) is 17.2 Å². The maximum atomic E-state index is 12.3. The van der Waals surface area contributed by atoms with Crippen molar-refractivity contribution in [2.75, 3.05) is 39.1 Å². The third kappa shape index (κ3) is 4.27. The van der Waals surface area contributed by atoms with Gasteiger partial charge in [0.25, 0.3) is 0 Å². The molecule has 1 atom stereocenters. The van der Waals surface area contributed by atoms with E-state index in [-0.39, 0.29) is 10.6 Å². The summed E-state index contributed by atoms with van der Waals surface area (Å²) in [5.74, 6) is 0.617. The molecule has 1 aromatic carbocycles. The lowest BCUT2D eigenvalue weighted by Gasteiger charge is -2.15. The Bertz CT molecular complexity index is 605. The quantitative estimate of drug-likeness (QED) is 0.792. The third-order valence-corrected chi connectivity index (χ3v) is 5.50. The van der Waals surface area contributed by atoms with Crippen LogP contribution in [-0.2, 0) is 14.6 Å². The van der Waals surface area contributed by atoms with Crippen LogP contribution in [0.15, 0.2) is 29.2 Å². The lowest BCUT2D eigenvalue weighted by atomic mass is 10.1. The van der Waals surface area contributed by atoms with Crippen LogP contribution in [0.3, 0.4) is 0 Å². The highest BCUT2D eigenvalue weighted by molar-refractivity contribution is 7.91. The Morgan fingerprint density at radius 1 is 1.38 bits per heavy atom. The predicted molar refractivity (Wildman–Crippen MR) is 79.6 cm³/mol. The minimum Gasteiger partial charge on any atom is -0.384 e. The first kappa shape index (κ1) is 16.0. The van der Waals surface area contributed by atoms with Gasteiger partial charge in [-0.1, -0.05) is 0 Å². The zero-order valence-electron chi connectivity index (χ0n) is 12.2. The van der Waals surface area contributed by atoms with Crippen molar-refractivity contribution in [3.8, 4) is 6.07 Å². The fourth-order valence-corrected chi connectivity index (χ4v) is 3.88. The summed E-state index contributed by atoms with van der Waals surface area (Å²) in [5.41, 5.74) is 0.468. The Balaban J connectivity index is 1.91. The Kier molecular flexibility index (Phi) is 5.34. The molecule has 0 bridgehead atoms. The van der Waals surface area contributed by atoms with Crippen LogP contribution >= 0.6 is 0 Å². The van der Waals surface area contributed by atoms with E-state index in [1.54, 1.807) is 7.11 Å². The Hall–Kier alpha value is -1.42. The van der Waals surface area contributed by atoms with Gasteiger partial charge >= 0.3 is 0 Å². The lowest BCUT2D eigenvalue weighted by Crippen LogP contribution is -2.28. The standard InChI is InChI=1S/C15H20N2O3S/c1-20-12-14-6-7-17(11-14)8-9-21(18,19)15-4-2-13(10-16)3-5-15/h2-5,14H,6-9,11-12H2,1H3. The molecule has 0 N–H and O–H groups in total. The summed E-state index contributed by atoms with van der Waals surface area (Å²) in [6, 6.07) is 8.07. The van der Waals surface area contributed by atoms with E-state index < -0.39 is 9.84 Å². The number of ether oxygens (including phenoxy) is 1. The predicted octanol–water partition coefficient (Wildman–Crippen LogP) is 1.30. The molecule has 1 aliphatic heterocycles. The van der Waals surface area contributed by atoms with Gasteiger partial charge in [-0.15, -0.1) is 0 Å². The second-order valence-corrected chi connectivity index (χ2v) is 7.47. The van der Waals surface area contributed by atoms with Crippen molar-refractivity contribution < 1.29 is 13.2 Å². The minimum absolute atomic E-state index is 0.110. The van der Waals surface area contributed by atoms with Crippen molar-refractivity contribution >= 4 is 9.84 Å². The maximum absolute atomic E-state index is 12.3. The molecule has 1 saturated heterocycles. The summed E-state index contributed by atoms with van der Waals surface area (Å²) in [4.78, 5) is 2.46. The largest absolute Gasteiger partial charge is 0.384 e. The first-order chi connectivity index (χ1) is 10.0. The second-order valence-electron chi connectivity index (χ2n) is 5.37. The fraction of sp³-hybridized carbons (Fsp3) is 0.533. The number of nitrogens with zero attached hydrogens (tertiary/aromatic N) is 2. The Morgan fingerprint density at radius 2 is 2.10 bits per heavy atom. The van der Waals surface area contributed by atoms with E-state index in [0.717, 1.165) is 26.1 Å². The van der Waals surface area contributed by atoms with Crippen molar-refractivity contribution in [3.63, 3.8) is 0 Å². The minimum atomic E-state index is -3.28. The number of sulfone groups is 1. The van der Waals surface area contributed by atoms with E-state index in [2.05, 4.69) is 4.90 Å². The van der Waals surface area contributed by atoms with Crippen molar-refractivity contribution in [2.24, 2.45) is 5.92 Å². The van der Waals surface area contributed by atoms with Gasteiger partial charge in [0.15, 0.2) is 9.84 Å². The van der Waals surface area contributed by atoms with Crippen LogP contribution < -0.4 is 0 Å². The van der Waals surface area contributed by atoms with Gasteiger partial charge in [-0.2, -0.15) is 5.26 Å². The van der Waals surface area contributed by atoms with Crippen LogP contribution in [0.5, 0.6) is 0 Å². The first-order valence-electron chi connectivity index (χ1n) is 6.99. The zero-order chi connectivity index (χ0) is 15.3. The number of nitriles is 1. The summed E-state index contributed by atoms with van der Waals surface area (Å²) in [6.45, 7) is 3.11. The van der Waals surface area contributed by atoms with E-state index in [1.807, 2.05) is 6.07 Å². The summed E-state index contributed by atoms with van der Waals surface area (Å²) in [5, 5.41) is 8.73. The summed E-state index contributed by atoms with van der Waals surface area (Å²) in [6.07, 6.45) is 1.06. The molecule has 114 valence electrons. The van der Waals surface area contributed by atoms with E-state index in [4.69, 9.17) is 10.00 Å². The molecule has 0 spiro atoms. The SMILES string of the molecule is COCC1CCN(CCS(=O)(=O)c2ccc(C#N)cc2)C1. The van der Waals surface area contributed by atoms with Crippen LogP contribution in [-0.4, -0.2) is 52.4 Å². The van der Waals surface area contributed by atoms with Crippen LogP contribution in [0.4, 0.5) is 0 Å². The van der Waals surface area contributed by atoms with Crippen molar-refractivity contribution in [3.05, 3.63) is 29.8 Å². The highest BCUT2D eigenvalue weighted by Gasteiger charge is 2.24. The average molecular weight is 308 g/mol. The second kappa shape index (κ2) is 7.03. The highest BCUT2D eigenvalue weighted by Crippen LogP contribution is 2.18. The van der Waals surface area contributed by atoms with Crippen molar-refractivity contribution in [1.82, 2.24) is 4.90 Å². The molecule has 1 heterocycles. The zero-order valence-corrected chi connectivity index (χ0v) is 13.0. The molecule has 0 amide bonds. The molecule has 1 aliphatic rings. The molecule has 0 saturated carbocycles. The van der Waals surface area contributed by atoms with Gasteiger partial charge in [0.05, 0.1) is 28.9 Å². The van der Waals surface area contributed by atoms with Crippen LogP contribution in [0.1, 0.15) is 12.0 Å². The number of hydrogen-bond acceptors (Lipinski definition) is 5. The number of rotatable bonds is 6. The third-order valence-electron chi connectivity index (χ3n) is 3.79. The number of methoxy groups -OCH3 is 1. The maximum Gasteiger partial charge on any atom is 0.179 e. The summed E-state index contributed by atoms with van der Waals surface area (Å²) >= 11 is 0. The van der Waals surface area contributed by atoms with Gasteiger partial charge in [0, 0.05) is 20.2 Å². The van der Waals surface area contributed by atoms with Gasteiger partial charge in [-0.25, -0.2) is 8.42 Å². The molecule has 1 aromatic rings.